The zero-order valence-electron chi connectivity index (χ0n) is 18.3. The lowest BCUT2D eigenvalue weighted by Crippen LogP contribution is -2.50. The molecule has 1 amide bonds. The van der Waals surface area contributed by atoms with E-state index in [-0.39, 0.29) is 17.9 Å². The quantitative estimate of drug-likeness (QED) is 0.606. The van der Waals surface area contributed by atoms with Crippen LogP contribution in [0.4, 0.5) is 5.82 Å². The number of ether oxygens (including phenoxy) is 1. The molecular weight excluding hydrogens is 406 g/mol. The van der Waals surface area contributed by atoms with Gasteiger partial charge in [0, 0.05) is 40.8 Å². The van der Waals surface area contributed by atoms with E-state index in [1.807, 2.05) is 31.2 Å². The summed E-state index contributed by atoms with van der Waals surface area (Å²) in [6.07, 6.45) is 7.16. The first-order valence-corrected chi connectivity index (χ1v) is 11.2. The van der Waals surface area contributed by atoms with Gasteiger partial charge in [-0.1, -0.05) is 6.07 Å². The van der Waals surface area contributed by atoms with Crippen molar-refractivity contribution < 1.29 is 18.7 Å². The minimum Gasteiger partial charge on any atom is -0.464 e. The largest absolute Gasteiger partial charge is 0.464 e. The molecule has 0 spiro atoms. The Morgan fingerprint density at radius 1 is 1.16 bits per heavy atom. The van der Waals surface area contributed by atoms with Crippen molar-refractivity contribution in [1.29, 1.82) is 0 Å². The molecule has 2 aromatic heterocycles. The summed E-state index contributed by atoms with van der Waals surface area (Å²) in [5, 5.41) is 4.26. The molecule has 3 aromatic rings. The maximum atomic E-state index is 13.0. The first kappa shape index (κ1) is 20.5. The number of hydrogen-bond donors (Lipinski definition) is 1. The van der Waals surface area contributed by atoms with Crippen LogP contribution in [0.3, 0.4) is 0 Å². The second kappa shape index (κ2) is 8.30. The predicted octanol–water partition coefficient (Wildman–Crippen LogP) is 4.24. The molecular formula is C25H27N3O4. The number of nitrogens with one attached hydrogen (secondary N) is 1. The Morgan fingerprint density at radius 2 is 1.94 bits per heavy atom. The molecule has 32 heavy (non-hydrogen) atoms. The van der Waals surface area contributed by atoms with Crippen molar-refractivity contribution >= 4 is 28.7 Å². The smallest absolute Gasteiger partial charge is 0.339 e. The molecule has 1 N–H and O–H groups in total. The lowest BCUT2D eigenvalue weighted by atomic mass is 9.96. The van der Waals surface area contributed by atoms with E-state index < -0.39 is 0 Å². The molecule has 2 unspecified atom stereocenters. The molecule has 0 aliphatic carbocycles. The fourth-order valence-electron chi connectivity index (χ4n) is 5.23. The predicted molar refractivity (Wildman–Crippen MR) is 121 cm³/mol. The number of amides is 1. The van der Waals surface area contributed by atoms with Crippen LogP contribution in [-0.4, -0.2) is 41.6 Å². The van der Waals surface area contributed by atoms with Gasteiger partial charge in [-0.15, -0.1) is 0 Å². The van der Waals surface area contributed by atoms with E-state index in [2.05, 4.69) is 15.2 Å². The van der Waals surface area contributed by atoms with Crippen molar-refractivity contribution in [3.8, 4) is 0 Å². The Kier molecular flexibility index (Phi) is 5.33. The third-order valence-corrected chi connectivity index (χ3v) is 6.71. The van der Waals surface area contributed by atoms with E-state index >= 15 is 0 Å². The lowest BCUT2D eigenvalue weighted by molar-refractivity contribution is 0.0525. The van der Waals surface area contributed by atoms with Gasteiger partial charge in [-0.25, -0.2) is 9.78 Å². The molecule has 1 aromatic carbocycles. The van der Waals surface area contributed by atoms with E-state index in [0.29, 0.717) is 29.8 Å². The standard InChI is InChI=1S/C25H27N3O4/c1-3-31-25(30)17-5-9-22(26-14-17)28-19-6-7-20(28)13-18(12-19)27-24(29)21-8-4-16-10-11-32-23(16)15(21)2/h4-5,8-11,14,18-20H,3,6-7,12-13H2,1-2H3,(H,27,29). The molecule has 2 fully saturated rings. The van der Waals surface area contributed by atoms with Gasteiger partial charge in [0.15, 0.2) is 0 Å². The number of aromatic nitrogens is 1. The summed E-state index contributed by atoms with van der Waals surface area (Å²) in [6, 6.07) is 10.2. The normalized spacial score (nSPS) is 22.2. The van der Waals surface area contributed by atoms with Crippen LogP contribution in [0.15, 0.2) is 47.2 Å². The maximum Gasteiger partial charge on any atom is 0.339 e. The molecule has 2 aliphatic heterocycles. The molecule has 5 rings (SSSR count). The number of rotatable bonds is 5. The number of aryl methyl sites for hydroxylation is 1. The van der Waals surface area contributed by atoms with Crippen molar-refractivity contribution in [1.82, 2.24) is 10.3 Å². The summed E-state index contributed by atoms with van der Waals surface area (Å²) >= 11 is 0. The Labute approximate surface area is 186 Å². The average Bonchev–Trinajstić information content (AvgIpc) is 3.37. The maximum absolute atomic E-state index is 13.0. The number of esters is 1. The van der Waals surface area contributed by atoms with E-state index in [1.54, 1.807) is 25.5 Å². The molecule has 2 aliphatic rings. The van der Waals surface area contributed by atoms with E-state index in [0.717, 1.165) is 48.0 Å². The van der Waals surface area contributed by atoms with E-state index in [1.165, 1.54) is 0 Å². The van der Waals surface area contributed by atoms with Crippen molar-refractivity contribution in [2.75, 3.05) is 11.5 Å². The van der Waals surface area contributed by atoms with Gasteiger partial charge in [0.25, 0.3) is 5.91 Å². The molecule has 7 heteroatoms. The van der Waals surface area contributed by atoms with Crippen LogP contribution in [0.5, 0.6) is 0 Å². The van der Waals surface area contributed by atoms with Gasteiger partial charge in [-0.2, -0.15) is 0 Å². The first-order valence-electron chi connectivity index (χ1n) is 11.2. The minimum atomic E-state index is -0.348. The number of nitrogens with zero attached hydrogens (tertiary/aromatic N) is 2. The van der Waals surface area contributed by atoms with Crippen molar-refractivity contribution in [3.63, 3.8) is 0 Å². The van der Waals surface area contributed by atoms with E-state index in [4.69, 9.17) is 9.15 Å². The number of carbonyl (C=O) groups excluding carboxylic acids is 2. The fourth-order valence-corrected chi connectivity index (χ4v) is 5.23. The van der Waals surface area contributed by atoms with Gasteiger partial charge in [0.05, 0.1) is 18.4 Å². The molecule has 0 radical (unpaired) electrons. The Hall–Kier alpha value is -3.35. The van der Waals surface area contributed by atoms with Crippen LogP contribution in [0.25, 0.3) is 11.0 Å². The van der Waals surface area contributed by atoms with Crippen LogP contribution >= 0.6 is 0 Å². The third-order valence-electron chi connectivity index (χ3n) is 6.71. The van der Waals surface area contributed by atoms with E-state index in [9.17, 15) is 9.59 Å². The van der Waals surface area contributed by atoms with Gasteiger partial charge in [-0.05, 0) is 63.8 Å². The van der Waals surface area contributed by atoms with Crippen molar-refractivity contribution in [2.24, 2.45) is 0 Å². The number of hydrogen-bond acceptors (Lipinski definition) is 6. The summed E-state index contributed by atoms with van der Waals surface area (Å²) in [6.45, 7) is 4.06. The lowest BCUT2D eigenvalue weighted by Gasteiger charge is -2.40. The summed E-state index contributed by atoms with van der Waals surface area (Å²) in [5.41, 5.74) is 2.77. The highest BCUT2D eigenvalue weighted by Gasteiger charge is 2.42. The number of benzene rings is 1. The summed E-state index contributed by atoms with van der Waals surface area (Å²) in [7, 11) is 0. The Balaban J connectivity index is 1.27. The Morgan fingerprint density at radius 3 is 2.62 bits per heavy atom. The molecule has 2 bridgehead atoms. The van der Waals surface area contributed by atoms with Gasteiger partial charge in [0.1, 0.15) is 11.4 Å². The Bertz CT molecular complexity index is 1140. The second-order valence-corrected chi connectivity index (χ2v) is 8.64. The van der Waals surface area contributed by atoms with Crippen LogP contribution in [0.2, 0.25) is 0 Å². The third kappa shape index (κ3) is 3.61. The average molecular weight is 434 g/mol. The van der Waals surface area contributed by atoms with Crippen molar-refractivity contribution in [3.05, 3.63) is 59.5 Å². The fraction of sp³-hybridized carbons (Fsp3) is 0.400. The number of anilines is 1. The van der Waals surface area contributed by atoms with Gasteiger partial charge >= 0.3 is 5.97 Å². The van der Waals surface area contributed by atoms with Crippen LogP contribution < -0.4 is 10.2 Å². The zero-order valence-corrected chi connectivity index (χ0v) is 18.3. The molecule has 2 saturated heterocycles. The molecule has 4 heterocycles. The summed E-state index contributed by atoms with van der Waals surface area (Å²) < 4.78 is 10.6. The summed E-state index contributed by atoms with van der Waals surface area (Å²) in [5.74, 6) is 0.490. The van der Waals surface area contributed by atoms with Crippen LogP contribution in [0, 0.1) is 6.92 Å². The molecule has 7 nitrogen and oxygen atoms in total. The molecule has 166 valence electrons. The highest BCUT2D eigenvalue weighted by atomic mass is 16.5. The van der Waals surface area contributed by atoms with Crippen LogP contribution in [-0.2, 0) is 4.74 Å². The highest BCUT2D eigenvalue weighted by molar-refractivity contribution is 6.00. The molecule has 2 atom stereocenters. The molecule has 0 saturated carbocycles. The van der Waals surface area contributed by atoms with Crippen molar-refractivity contribution in [2.45, 2.75) is 57.7 Å². The van der Waals surface area contributed by atoms with Gasteiger partial charge in [0.2, 0.25) is 0 Å². The number of pyridine rings is 1. The van der Waals surface area contributed by atoms with Crippen LogP contribution in [0.1, 0.15) is 58.9 Å². The monoisotopic (exact) mass is 433 g/mol. The highest BCUT2D eigenvalue weighted by Crippen LogP contribution is 2.38. The topological polar surface area (TPSA) is 84.7 Å². The SMILES string of the molecule is CCOC(=O)c1ccc(N2C3CCC2CC(NC(=O)c2ccc4ccoc4c2C)C3)nc1. The number of piperidine rings is 1. The summed E-state index contributed by atoms with van der Waals surface area (Å²) in [4.78, 5) is 31.8. The number of fused-ring (bicyclic) bond motifs is 3. The second-order valence-electron chi connectivity index (χ2n) is 8.64. The zero-order chi connectivity index (χ0) is 22.2. The van der Waals surface area contributed by atoms with Gasteiger partial charge < -0.3 is 19.4 Å². The number of carbonyl (C=O) groups is 2. The van der Waals surface area contributed by atoms with Gasteiger partial charge in [-0.3, -0.25) is 4.79 Å². The first-order chi connectivity index (χ1) is 15.5. The minimum absolute atomic E-state index is 0.0458. The number of furan rings is 1.